The van der Waals surface area contributed by atoms with Crippen LogP contribution in [0.15, 0.2) is 4.52 Å². The van der Waals surface area contributed by atoms with E-state index in [1.54, 1.807) is 0 Å². The minimum atomic E-state index is -2.95. The van der Waals surface area contributed by atoms with Gasteiger partial charge < -0.3 is 9.84 Å². The van der Waals surface area contributed by atoms with Gasteiger partial charge in [0.1, 0.15) is 0 Å². The monoisotopic (exact) mass is 314 g/mol. The van der Waals surface area contributed by atoms with Gasteiger partial charge in [0.2, 0.25) is 5.89 Å². The quantitative estimate of drug-likeness (QED) is 0.817. The number of rotatable bonds is 5. The van der Waals surface area contributed by atoms with Crippen molar-refractivity contribution in [3.8, 4) is 0 Å². The third-order valence-electron chi connectivity index (χ3n) is 4.27. The summed E-state index contributed by atoms with van der Waals surface area (Å²) in [5, 5.41) is 7.21. The molecule has 0 aliphatic carbocycles. The minimum Gasteiger partial charge on any atom is -0.339 e. The Morgan fingerprint density at radius 1 is 1.33 bits per heavy atom. The highest BCUT2D eigenvalue weighted by molar-refractivity contribution is 7.91. The van der Waals surface area contributed by atoms with Gasteiger partial charge in [-0.25, -0.2) is 8.42 Å². The Bertz CT molecular complexity index is 580. The molecule has 2 saturated heterocycles. The average Bonchev–Trinajstić information content (AvgIpc) is 3.15. The zero-order valence-corrected chi connectivity index (χ0v) is 13.1. The smallest absolute Gasteiger partial charge is 0.226 e. The van der Waals surface area contributed by atoms with Crippen LogP contribution < -0.4 is 5.32 Å². The molecule has 2 aliphatic rings. The highest BCUT2D eigenvalue weighted by atomic mass is 32.2. The predicted molar refractivity (Wildman–Crippen MR) is 77.6 cm³/mol. The van der Waals surface area contributed by atoms with Crippen LogP contribution in [0.3, 0.4) is 0 Å². The van der Waals surface area contributed by atoms with Gasteiger partial charge in [-0.3, -0.25) is 4.90 Å². The first-order valence-electron chi connectivity index (χ1n) is 7.57. The molecule has 7 nitrogen and oxygen atoms in total. The Morgan fingerprint density at radius 2 is 2.10 bits per heavy atom. The highest BCUT2D eigenvalue weighted by Crippen LogP contribution is 2.22. The van der Waals surface area contributed by atoms with Crippen LogP contribution in [0.4, 0.5) is 0 Å². The zero-order chi connectivity index (χ0) is 14.9. The van der Waals surface area contributed by atoms with E-state index < -0.39 is 9.84 Å². The van der Waals surface area contributed by atoms with Crippen molar-refractivity contribution in [1.29, 1.82) is 0 Å². The highest BCUT2D eigenvalue weighted by Gasteiger charge is 2.41. The van der Waals surface area contributed by atoms with Crippen LogP contribution in [0.5, 0.6) is 0 Å². The molecule has 8 heteroatoms. The summed E-state index contributed by atoms with van der Waals surface area (Å²) in [6.07, 6.45) is 3.03. The fraction of sp³-hybridized carbons (Fsp3) is 0.846. The molecular formula is C13H22N4O3S. The Morgan fingerprint density at radius 3 is 2.76 bits per heavy atom. The van der Waals surface area contributed by atoms with Gasteiger partial charge in [0, 0.05) is 18.5 Å². The number of nitrogens with zero attached hydrogens (tertiary/aromatic N) is 3. The molecule has 3 rings (SSSR count). The van der Waals surface area contributed by atoms with Crippen molar-refractivity contribution in [2.45, 2.75) is 44.8 Å². The molecule has 2 unspecified atom stereocenters. The lowest BCUT2D eigenvalue weighted by Gasteiger charge is -2.28. The summed E-state index contributed by atoms with van der Waals surface area (Å²) in [7, 11) is -2.95. The van der Waals surface area contributed by atoms with Gasteiger partial charge in [0.25, 0.3) is 0 Å². The lowest BCUT2D eigenvalue weighted by atomic mass is 10.1. The maximum Gasteiger partial charge on any atom is 0.226 e. The normalized spacial score (nSPS) is 29.2. The third-order valence-corrected chi connectivity index (χ3v) is 5.98. The predicted octanol–water partition coefficient (Wildman–Crippen LogP) is -0.0170. The standard InChI is InChI=1S/C13H22N4O3S/c1-2-13-15-12(16-20-13)7-14-10-8-21(18,19)9-11(10)17-5-3-4-6-17/h10-11,14H,2-9H2,1H3. The Kier molecular flexibility index (Phi) is 4.28. The van der Waals surface area contributed by atoms with E-state index in [0.29, 0.717) is 24.7 Å². The fourth-order valence-electron chi connectivity index (χ4n) is 3.19. The van der Waals surface area contributed by atoms with Crippen molar-refractivity contribution in [2.24, 2.45) is 0 Å². The van der Waals surface area contributed by atoms with Gasteiger partial charge >= 0.3 is 0 Å². The molecule has 0 saturated carbocycles. The molecule has 2 fully saturated rings. The van der Waals surface area contributed by atoms with Crippen LogP contribution in [0.1, 0.15) is 31.5 Å². The zero-order valence-electron chi connectivity index (χ0n) is 12.3. The molecule has 0 spiro atoms. The SMILES string of the molecule is CCc1nc(CNC2CS(=O)(=O)CC2N2CCCC2)no1. The lowest BCUT2D eigenvalue weighted by molar-refractivity contribution is 0.225. The van der Waals surface area contributed by atoms with Gasteiger partial charge in [-0.05, 0) is 25.9 Å². The average molecular weight is 314 g/mol. The summed E-state index contributed by atoms with van der Waals surface area (Å²) >= 11 is 0. The number of hydrogen-bond acceptors (Lipinski definition) is 7. The Hall–Kier alpha value is -0.990. The van der Waals surface area contributed by atoms with Crippen LogP contribution in [0.2, 0.25) is 0 Å². The fourth-order valence-corrected chi connectivity index (χ4v) is 5.17. The van der Waals surface area contributed by atoms with E-state index in [2.05, 4.69) is 20.4 Å². The van der Waals surface area contributed by atoms with Crippen molar-refractivity contribution in [3.05, 3.63) is 11.7 Å². The van der Waals surface area contributed by atoms with Crippen molar-refractivity contribution >= 4 is 9.84 Å². The summed E-state index contributed by atoms with van der Waals surface area (Å²) in [6, 6.07) is 0.0340. The van der Waals surface area contributed by atoms with Crippen LogP contribution in [0.25, 0.3) is 0 Å². The Balaban J connectivity index is 1.64. The summed E-state index contributed by atoms with van der Waals surface area (Å²) in [5.41, 5.74) is 0. The first-order valence-corrected chi connectivity index (χ1v) is 9.39. The number of sulfone groups is 1. The molecule has 21 heavy (non-hydrogen) atoms. The van der Waals surface area contributed by atoms with Gasteiger partial charge in [-0.1, -0.05) is 12.1 Å². The van der Waals surface area contributed by atoms with E-state index in [4.69, 9.17) is 4.52 Å². The van der Waals surface area contributed by atoms with E-state index in [0.717, 1.165) is 25.9 Å². The molecule has 0 radical (unpaired) electrons. The summed E-state index contributed by atoms with van der Waals surface area (Å²) < 4.78 is 29.0. The summed E-state index contributed by atoms with van der Waals surface area (Å²) in [6.45, 7) is 4.41. The number of aryl methyl sites for hydroxylation is 1. The van der Waals surface area contributed by atoms with Crippen LogP contribution in [-0.4, -0.2) is 60.1 Å². The number of hydrogen-bond donors (Lipinski definition) is 1. The van der Waals surface area contributed by atoms with E-state index in [9.17, 15) is 8.42 Å². The largest absolute Gasteiger partial charge is 0.339 e. The molecule has 2 aliphatic heterocycles. The molecule has 118 valence electrons. The molecular weight excluding hydrogens is 292 g/mol. The van der Waals surface area contributed by atoms with Crippen molar-refractivity contribution in [2.75, 3.05) is 24.6 Å². The number of likely N-dealkylation sites (tertiary alicyclic amines) is 1. The second-order valence-electron chi connectivity index (χ2n) is 5.83. The summed E-state index contributed by atoms with van der Waals surface area (Å²) in [5.74, 6) is 1.67. The maximum atomic E-state index is 12.0. The van der Waals surface area contributed by atoms with Gasteiger partial charge in [-0.15, -0.1) is 0 Å². The molecule has 0 bridgehead atoms. The molecule has 0 amide bonds. The molecule has 0 aromatic carbocycles. The molecule has 3 heterocycles. The van der Waals surface area contributed by atoms with E-state index in [1.807, 2.05) is 6.92 Å². The first-order chi connectivity index (χ1) is 10.1. The number of aromatic nitrogens is 2. The second kappa shape index (κ2) is 6.02. The van der Waals surface area contributed by atoms with Gasteiger partial charge in [0.15, 0.2) is 15.7 Å². The molecule has 1 N–H and O–H groups in total. The first kappa shape index (κ1) is 14.9. The lowest BCUT2D eigenvalue weighted by Crippen LogP contribution is -2.48. The van der Waals surface area contributed by atoms with E-state index in [-0.39, 0.29) is 23.6 Å². The minimum absolute atomic E-state index is 0.0447. The van der Waals surface area contributed by atoms with Gasteiger partial charge in [0.05, 0.1) is 18.1 Å². The summed E-state index contributed by atoms with van der Waals surface area (Å²) in [4.78, 5) is 6.55. The van der Waals surface area contributed by atoms with Crippen molar-refractivity contribution in [3.63, 3.8) is 0 Å². The van der Waals surface area contributed by atoms with E-state index >= 15 is 0 Å². The third kappa shape index (κ3) is 3.44. The number of nitrogens with one attached hydrogen (secondary N) is 1. The van der Waals surface area contributed by atoms with Crippen LogP contribution >= 0.6 is 0 Å². The van der Waals surface area contributed by atoms with Crippen molar-refractivity contribution < 1.29 is 12.9 Å². The van der Waals surface area contributed by atoms with Crippen LogP contribution in [0, 0.1) is 0 Å². The van der Waals surface area contributed by atoms with Crippen molar-refractivity contribution in [1.82, 2.24) is 20.4 Å². The molecule has 1 aromatic heterocycles. The second-order valence-corrected chi connectivity index (χ2v) is 7.99. The van der Waals surface area contributed by atoms with Gasteiger partial charge in [-0.2, -0.15) is 4.98 Å². The Labute approximate surface area is 125 Å². The topological polar surface area (TPSA) is 88.3 Å². The van der Waals surface area contributed by atoms with Crippen LogP contribution in [-0.2, 0) is 22.8 Å². The molecule has 2 atom stereocenters. The molecule has 1 aromatic rings. The maximum absolute atomic E-state index is 12.0. The van der Waals surface area contributed by atoms with E-state index in [1.165, 1.54) is 0 Å².